The molecular formula is C17H26ClNO3. The van der Waals surface area contributed by atoms with Gasteiger partial charge >= 0.3 is 0 Å². The Hall–Kier alpha value is -0.650. The summed E-state index contributed by atoms with van der Waals surface area (Å²) in [6.07, 6.45) is 3.79. The summed E-state index contributed by atoms with van der Waals surface area (Å²) in [7, 11) is 0. The van der Waals surface area contributed by atoms with E-state index in [9.17, 15) is 5.11 Å². The third-order valence-electron chi connectivity index (χ3n) is 4.15. The number of halogens is 1. The lowest BCUT2D eigenvalue weighted by Gasteiger charge is -2.36. The lowest BCUT2D eigenvalue weighted by molar-refractivity contribution is -0.00605. The lowest BCUT2D eigenvalue weighted by Crippen LogP contribution is -2.45. The van der Waals surface area contributed by atoms with Gasteiger partial charge in [-0.1, -0.05) is 30.2 Å². The molecule has 2 N–H and O–H groups in total. The first kappa shape index (κ1) is 17.7. The van der Waals surface area contributed by atoms with Crippen LogP contribution in [0.25, 0.3) is 0 Å². The van der Waals surface area contributed by atoms with Gasteiger partial charge in [0.15, 0.2) is 0 Å². The van der Waals surface area contributed by atoms with Gasteiger partial charge in [-0.15, -0.1) is 0 Å². The van der Waals surface area contributed by atoms with E-state index in [0.717, 1.165) is 24.9 Å². The first-order valence-corrected chi connectivity index (χ1v) is 8.42. The van der Waals surface area contributed by atoms with Gasteiger partial charge in [0.25, 0.3) is 0 Å². The van der Waals surface area contributed by atoms with Gasteiger partial charge in [-0.3, -0.25) is 4.90 Å². The van der Waals surface area contributed by atoms with Crippen LogP contribution in [0, 0.1) is 0 Å². The molecule has 1 heterocycles. The van der Waals surface area contributed by atoms with Crippen molar-refractivity contribution in [3.63, 3.8) is 0 Å². The van der Waals surface area contributed by atoms with E-state index in [-0.39, 0.29) is 6.61 Å². The number of aliphatic hydroxyl groups is 2. The van der Waals surface area contributed by atoms with Crippen molar-refractivity contribution < 1.29 is 14.9 Å². The smallest absolute Gasteiger partial charge is 0.0900 e. The second-order valence-corrected chi connectivity index (χ2v) is 6.39. The van der Waals surface area contributed by atoms with Crippen molar-refractivity contribution >= 4 is 11.6 Å². The van der Waals surface area contributed by atoms with E-state index >= 15 is 0 Å². The normalized spacial score (nSPS) is 21.0. The lowest BCUT2D eigenvalue weighted by atomic mass is 9.99. The SMILES string of the molecule is OCC[C@H]1CCCCN1C[C@@H](O)COCc1ccc(Cl)cc1. The molecule has 0 spiro atoms. The molecule has 0 unspecified atom stereocenters. The highest BCUT2D eigenvalue weighted by Gasteiger charge is 2.23. The van der Waals surface area contributed by atoms with Crippen molar-refractivity contribution in [2.24, 2.45) is 0 Å². The van der Waals surface area contributed by atoms with E-state index in [0.29, 0.717) is 30.8 Å². The molecule has 0 aromatic heterocycles. The van der Waals surface area contributed by atoms with Gasteiger partial charge in [0.1, 0.15) is 0 Å². The molecule has 1 aliphatic rings. The summed E-state index contributed by atoms with van der Waals surface area (Å²) in [6, 6.07) is 7.92. The zero-order valence-corrected chi connectivity index (χ0v) is 13.7. The summed E-state index contributed by atoms with van der Waals surface area (Å²) >= 11 is 5.84. The molecule has 1 aliphatic heterocycles. The standard InChI is InChI=1S/C17H26ClNO3/c18-15-6-4-14(5-7-15)12-22-13-17(21)11-19-9-2-1-3-16(19)8-10-20/h4-7,16-17,20-21H,1-3,8-13H2/t16-,17-/m1/s1. The quantitative estimate of drug-likeness (QED) is 0.770. The van der Waals surface area contributed by atoms with Gasteiger partial charge in [-0.25, -0.2) is 0 Å². The second-order valence-electron chi connectivity index (χ2n) is 5.95. The number of hydrogen-bond donors (Lipinski definition) is 2. The van der Waals surface area contributed by atoms with Crippen LogP contribution in [0.15, 0.2) is 24.3 Å². The number of aliphatic hydroxyl groups excluding tert-OH is 2. The number of hydrogen-bond acceptors (Lipinski definition) is 4. The van der Waals surface area contributed by atoms with Crippen molar-refractivity contribution in [1.29, 1.82) is 0 Å². The molecule has 0 bridgehead atoms. The molecule has 5 heteroatoms. The fourth-order valence-corrected chi connectivity index (χ4v) is 3.12. The number of β-amino-alcohol motifs (C(OH)–C–C–N with tert-alkyl or cyclic N) is 1. The Bertz CT molecular complexity index is 424. The average molecular weight is 328 g/mol. The molecule has 0 saturated carbocycles. The molecule has 2 atom stereocenters. The van der Waals surface area contributed by atoms with E-state index in [1.807, 2.05) is 24.3 Å². The molecule has 1 fully saturated rings. The topological polar surface area (TPSA) is 52.9 Å². The zero-order chi connectivity index (χ0) is 15.8. The maximum atomic E-state index is 10.2. The summed E-state index contributed by atoms with van der Waals surface area (Å²) in [5, 5.41) is 20.0. The van der Waals surface area contributed by atoms with Gasteiger partial charge in [-0.05, 0) is 43.5 Å². The molecule has 1 aromatic rings. The van der Waals surface area contributed by atoms with E-state index in [1.165, 1.54) is 12.8 Å². The zero-order valence-electron chi connectivity index (χ0n) is 13.0. The van der Waals surface area contributed by atoms with Crippen molar-refractivity contribution in [3.05, 3.63) is 34.9 Å². The number of ether oxygens (including phenoxy) is 1. The average Bonchev–Trinajstić information content (AvgIpc) is 2.51. The van der Waals surface area contributed by atoms with Gasteiger partial charge in [0.05, 0.1) is 19.3 Å². The minimum absolute atomic E-state index is 0.213. The van der Waals surface area contributed by atoms with Crippen LogP contribution >= 0.6 is 11.6 Å². The van der Waals surface area contributed by atoms with E-state index < -0.39 is 6.10 Å². The maximum absolute atomic E-state index is 10.2. The van der Waals surface area contributed by atoms with Gasteiger partial charge in [-0.2, -0.15) is 0 Å². The monoisotopic (exact) mass is 327 g/mol. The maximum Gasteiger partial charge on any atom is 0.0900 e. The highest BCUT2D eigenvalue weighted by atomic mass is 35.5. The van der Waals surface area contributed by atoms with E-state index in [1.54, 1.807) is 0 Å². The van der Waals surface area contributed by atoms with Crippen LogP contribution in [0.5, 0.6) is 0 Å². The molecule has 124 valence electrons. The predicted molar refractivity (Wildman–Crippen MR) is 88.0 cm³/mol. The minimum Gasteiger partial charge on any atom is -0.396 e. The minimum atomic E-state index is -0.494. The first-order valence-electron chi connectivity index (χ1n) is 8.04. The molecule has 1 aromatic carbocycles. The van der Waals surface area contributed by atoms with Crippen LogP contribution in [0.4, 0.5) is 0 Å². The van der Waals surface area contributed by atoms with Gasteiger partial charge in [0.2, 0.25) is 0 Å². The molecule has 0 amide bonds. The summed E-state index contributed by atoms with van der Waals surface area (Å²) < 4.78 is 5.59. The molecular weight excluding hydrogens is 302 g/mol. The van der Waals surface area contributed by atoms with Crippen LogP contribution in [0.3, 0.4) is 0 Å². The molecule has 4 nitrogen and oxygen atoms in total. The fraction of sp³-hybridized carbons (Fsp3) is 0.647. The largest absolute Gasteiger partial charge is 0.396 e. The number of rotatable bonds is 8. The third-order valence-corrected chi connectivity index (χ3v) is 4.40. The molecule has 1 saturated heterocycles. The summed E-state index contributed by atoms with van der Waals surface area (Å²) in [6.45, 7) is 2.63. The summed E-state index contributed by atoms with van der Waals surface area (Å²) in [4.78, 5) is 2.29. The Balaban J connectivity index is 1.70. The predicted octanol–water partition coefficient (Wildman–Crippen LogP) is 2.45. The Morgan fingerprint density at radius 3 is 2.77 bits per heavy atom. The Morgan fingerprint density at radius 2 is 2.05 bits per heavy atom. The summed E-state index contributed by atoms with van der Waals surface area (Å²) in [5.74, 6) is 0. The number of likely N-dealkylation sites (tertiary alicyclic amines) is 1. The van der Waals surface area contributed by atoms with Crippen LogP contribution in [0.1, 0.15) is 31.2 Å². The highest BCUT2D eigenvalue weighted by Crippen LogP contribution is 2.19. The first-order chi connectivity index (χ1) is 10.7. The highest BCUT2D eigenvalue weighted by molar-refractivity contribution is 6.30. The van der Waals surface area contributed by atoms with Crippen LogP contribution < -0.4 is 0 Å². The number of piperidine rings is 1. The van der Waals surface area contributed by atoms with Gasteiger partial charge < -0.3 is 14.9 Å². The Labute approximate surface area is 137 Å². The molecule has 2 rings (SSSR count). The molecule has 0 radical (unpaired) electrons. The van der Waals surface area contributed by atoms with Crippen molar-refractivity contribution in [1.82, 2.24) is 4.90 Å². The number of benzene rings is 1. The molecule has 22 heavy (non-hydrogen) atoms. The van der Waals surface area contributed by atoms with Crippen molar-refractivity contribution in [2.75, 3.05) is 26.3 Å². The Morgan fingerprint density at radius 1 is 1.27 bits per heavy atom. The number of nitrogens with zero attached hydrogens (tertiary/aromatic N) is 1. The third kappa shape index (κ3) is 5.86. The van der Waals surface area contributed by atoms with Crippen molar-refractivity contribution in [3.8, 4) is 0 Å². The van der Waals surface area contributed by atoms with Crippen LogP contribution in [-0.4, -0.2) is 53.6 Å². The van der Waals surface area contributed by atoms with Gasteiger partial charge in [0, 0.05) is 24.2 Å². The fourth-order valence-electron chi connectivity index (χ4n) is 2.99. The van der Waals surface area contributed by atoms with E-state index in [2.05, 4.69) is 4.90 Å². The van der Waals surface area contributed by atoms with E-state index in [4.69, 9.17) is 21.4 Å². The second kappa shape index (κ2) is 9.48. The molecule has 0 aliphatic carbocycles. The van der Waals surface area contributed by atoms with Crippen LogP contribution in [-0.2, 0) is 11.3 Å². The van der Waals surface area contributed by atoms with Crippen LogP contribution in [0.2, 0.25) is 5.02 Å². The Kier molecular flexibility index (Phi) is 7.63. The van der Waals surface area contributed by atoms with Crippen molar-refractivity contribution in [2.45, 2.75) is 44.4 Å². The summed E-state index contributed by atoms with van der Waals surface area (Å²) in [5.41, 5.74) is 1.05.